The summed E-state index contributed by atoms with van der Waals surface area (Å²) in [6.07, 6.45) is -0.917. The Morgan fingerprint density at radius 3 is 2.47 bits per heavy atom. The summed E-state index contributed by atoms with van der Waals surface area (Å²) in [4.78, 5) is 29.7. The van der Waals surface area contributed by atoms with Crippen molar-refractivity contribution < 1.29 is 14.3 Å². The van der Waals surface area contributed by atoms with Gasteiger partial charge in [-0.1, -0.05) is 11.6 Å². The Morgan fingerprint density at radius 2 is 1.89 bits per heavy atom. The fourth-order valence-corrected chi connectivity index (χ4v) is 1.09. The predicted molar refractivity (Wildman–Crippen MR) is 66.6 cm³/mol. The molecule has 0 saturated heterocycles. The first-order valence-electron chi connectivity index (χ1n) is 4.68. The van der Waals surface area contributed by atoms with Crippen LogP contribution in [0.15, 0.2) is 0 Å². The van der Waals surface area contributed by atoms with Crippen molar-refractivity contribution >= 4 is 41.2 Å². The van der Waals surface area contributed by atoms with Gasteiger partial charge in [-0.25, -0.2) is 14.8 Å². The standard InChI is InChI=1S/C8H10ClN7O3/c1-19-8(18)16-7(12)15-6(17)2-4(10)14-5(11)3(9)13-2/h1H3,(H4,10,11,14)(H3,12,15,16,17,18). The highest BCUT2D eigenvalue weighted by Crippen LogP contribution is 2.16. The van der Waals surface area contributed by atoms with Crippen LogP contribution in [0.2, 0.25) is 5.15 Å². The van der Waals surface area contributed by atoms with Gasteiger partial charge in [0.15, 0.2) is 22.5 Å². The number of nitrogen functional groups attached to an aromatic ring is 2. The lowest BCUT2D eigenvalue weighted by Gasteiger charge is -2.08. The number of anilines is 2. The van der Waals surface area contributed by atoms with Crippen molar-refractivity contribution in [1.82, 2.24) is 20.6 Å². The molecular weight excluding hydrogens is 278 g/mol. The van der Waals surface area contributed by atoms with Crippen molar-refractivity contribution in [2.75, 3.05) is 18.6 Å². The van der Waals surface area contributed by atoms with E-state index in [-0.39, 0.29) is 22.5 Å². The molecule has 2 amide bonds. The smallest absolute Gasteiger partial charge is 0.413 e. The van der Waals surface area contributed by atoms with Crippen LogP contribution >= 0.6 is 11.6 Å². The van der Waals surface area contributed by atoms with Crippen molar-refractivity contribution in [3.63, 3.8) is 0 Å². The number of alkyl carbamates (subject to hydrolysis) is 1. The molecule has 0 fully saturated rings. The van der Waals surface area contributed by atoms with Crippen molar-refractivity contribution in [2.45, 2.75) is 0 Å². The number of carbonyl (C=O) groups is 2. The Kier molecular flexibility index (Phi) is 4.42. The molecule has 0 bridgehead atoms. The van der Waals surface area contributed by atoms with E-state index in [4.69, 9.17) is 28.5 Å². The molecule has 1 aromatic heterocycles. The van der Waals surface area contributed by atoms with Crippen molar-refractivity contribution in [2.24, 2.45) is 0 Å². The van der Waals surface area contributed by atoms with Gasteiger partial charge in [-0.05, 0) is 0 Å². The van der Waals surface area contributed by atoms with E-state index in [0.717, 1.165) is 7.11 Å². The molecule has 0 radical (unpaired) electrons. The van der Waals surface area contributed by atoms with Crippen LogP contribution < -0.4 is 22.1 Å². The number of rotatable bonds is 1. The molecule has 0 aliphatic heterocycles. The third kappa shape index (κ3) is 3.67. The van der Waals surface area contributed by atoms with Crippen LogP contribution in [0.5, 0.6) is 0 Å². The van der Waals surface area contributed by atoms with Gasteiger partial charge in [0.2, 0.25) is 5.96 Å². The molecule has 0 aliphatic carbocycles. The van der Waals surface area contributed by atoms with Crippen LogP contribution in [-0.2, 0) is 4.74 Å². The second-order valence-electron chi connectivity index (χ2n) is 3.08. The number of hydrogen-bond donors (Lipinski definition) is 5. The minimum Gasteiger partial charge on any atom is -0.453 e. The summed E-state index contributed by atoms with van der Waals surface area (Å²) < 4.78 is 4.23. The van der Waals surface area contributed by atoms with Crippen molar-refractivity contribution in [1.29, 1.82) is 5.41 Å². The molecule has 0 aliphatic rings. The average Bonchev–Trinajstić information content (AvgIpc) is 2.33. The highest BCUT2D eigenvalue weighted by molar-refractivity contribution is 6.31. The summed E-state index contributed by atoms with van der Waals surface area (Å²) in [7, 11) is 1.10. The second-order valence-corrected chi connectivity index (χ2v) is 3.44. The van der Waals surface area contributed by atoms with Gasteiger partial charge in [0.05, 0.1) is 7.11 Å². The minimum atomic E-state index is -0.917. The first-order valence-corrected chi connectivity index (χ1v) is 5.06. The number of methoxy groups -OCH3 is 1. The van der Waals surface area contributed by atoms with Gasteiger partial charge in [-0.15, -0.1) is 0 Å². The molecular formula is C8H10ClN7O3. The van der Waals surface area contributed by atoms with Gasteiger partial charge < -0.3 is 16.2 Å². The van der Waals surface area contributed by atoms with E-state index in [1.54, 1.807) is 0 Å². The van der Waals surface area contributed by atoms with Gasteiger partial charge >= 0.3 is 6.09 Å². The molecule has 19 heavy (non-hydrogen) atoms. The summed E-state index contributed by atoms with van der Waals surface area (Å²) in [5.74, 6) is -1.89. The molecule has 7 N–H and O–H groups in total. The highest BCUT2D eigenvalue weighted by atomic mass is 35.5. The second kappa shape index (κ2) is 5.82. The van der Waals surface area contributed by atoms with E-state index < -0.39 is 18.0 Å². The highest BCUT2D eigenvalue weighted by Gasteiger charge is 2.17. The van der Waals surface area contributed by atoms with Crippen LogP contribution in [-0.4, -0.2) is 35.0 Å². The Bertz CT molecular complexity index is 547. The molecule has 0 spiro atoms. The number of aromatic nitrogens is 2. The molecule has 10 nitrogen and oxygen atoms in total. The van der Waals surface area contributed by atoms with E-state index in [0.29, 0.717) is 0 Å². The fraction of sp³-hybridized carbons (Fsp3) is 0.125. The number of ether oxygens (including phenoxy) is 1. The maximum atomic E-state index is 11.7. The zero-order chi connectivity index (χ0) is 14.6. The Labute approximate surface area is 112 Å². The molecule has 1 aromatic rings. The maximum absolute atomic E-state index is 11.7. The van der Waals surface area contributed by atoms with Gasteiger partial charge in [-0.3, -0.25) is 20.8 Å². The summed E-state index contributed by atoms with van der Waals surface area (Å²) in [6, 6.07) is 0. The fourth-order valence-electron chi connectivity index (χ4n) is 0.966. The predicted octanol–water partition coefficient (Wildman–Crippen LogP) is -0.685. The quantitative estimate of drug-likeness (QED) is 0.336. The molecule has 102 valence electrons. The number of nitrogens with one attached hydrogen (secondary N) is 3. The zero-order valence-corrected chi connectivity index (χ0v) is 10.4. The van der Waals surface area contributed by atoms with Gasteiger partial charge in [0.1, 0.15) is 0 Å². The number of guanidine groups is 1. The van der Waals surface area contributed by atoms with E-state index >= 15 is 0 Å². The van der Waals surface area contributed by atoms with E-state index in [1.165, 1.54) is 0 Å². The molecule has 0 saturated carbocycles. The topological polar surface area (TPSA) is 169 Å². The molecule has 1 heterocycles. The number of hydrogen-bond acceptors (Lipinski definition) is 8. The van der Waals surface area contributed by atoms with Gasteiger partial charge in [0, 0.05) is 0 Å². The van der Waals surface area contributed by atoms with Crippen molar-refractivity contribution in [3.05, 3.63) is 10.8 Å². The Hall–Kier alpha value is -2.62. The zero-order valence-electron chi connectivity index (χ0n) is 9.65. The van der Waals surface area contributed by atoms with Gasteiger partial charge in [0.25, 0.3) is 5.91 Å². The van der Waals surface area contributed by atoms with Crippen LogP contribution in [0.3, 0.4) is 0 Å². The Morgan fingerprint density at radius 1 is 1.26 bits per heavy atom. The summed E-state index contributed by atoms with van der Waals surface area (Å²) >= 11 is 5.60. The van der Waals surface area contributed by atoms with E-state index in [9.17, 15) is 9.59 Å². The van der Waals surface area contributed by atoms with Crippen LogP contribution in [0.1, 0.15) is 10.5 Å². The Balaban J connectivity index is 2.82. The maximum Gasteiger partial charge on any atom is 0.413 e. The van der Waals surface area contributed by atoms with Crippen LogP contribution in [0, 0.1) is 5.41 Å². The lowest BCUT2D eigenvalue weighted by atomic mass is 10.4. The van der Waals surface area contributed by atoms with Crippen LogP contribution in [0.25, 0.3) is 0 Å². The number of halogens is 1. The molecule has 0 atom stereocenters. The summed E-state index contributed by atoms with van der Waals surface area (Å²) in [6.45, 7) is 0. The number of nitrogens with two attached hydrogens (primary N) is 2. The lowest BCUT2D eigenvalue weighted by Crippen LogP contribution is -2.43. The first kappa shape index (κ1) is 14.4. The molecule has 0 aromatic carbocycles. The molecule has 0 unspecified atom stereocenters. The minimum absolute atomic E-state index is 0.126. The summed E-state index contributed by atoms with van der Waals surface area (Å²) in [5, 5.41) is 11.0. The summed E-state index contributed by atoms with van der Waals surface area (Å²) in [5.41, 5.74) is 10.5. The number of amides is 2. The largest absolute Gasteiger partial charge is 0.453 e. The number of nitrogens with zero attached hydrogens (tertiary/aromatic N) is 2. The van der Waals surface area contributed by atoms with E-state index in [1.807, 2.05) is 10.6 Å². The average molecular weight is 288 g/mol. The third-order valence-corrected chi connectivity index (χ3v) is 2.05. The van der Waals surface area contributed by atoms with Crippen molar-refractivity contribution in [3.8, 4) is 0 Å². The van der Waals surface area contributed by atoms with Crippen LogP contribution in [0.4, 0.5) is 16.4 Å². The molecule has 11 heteroatoms. The molecule has 1 rings (SSSR count). The normalized spacial score (nSPS) is 9.58. The SMILES string of the molecule is COC(=O)NC(=N)NC(=O)c1nc(Cl)c(N)nc1N. The monoisotopic (exact) mass is 287 g/mol. The van der Waals surface area contributed by atoms with Gasteiger partial charge in [-0.2, -0.15) is 0 Å². The first-order chi connectivity index (χ1) is 8.85. The van der Waals surface area contributed by atoms with E-state index in [2.05, 4.69) is 14.7 Å². The third-order valence-electron chi connectivity index (χ3n) is 1.77. The lowest BCUT2D eigenvalue weighted by molar-refractivity contribution is 0.0971. The number of carbonyl (C=O) groups excluding carboxylic acids is 2.